The number of ether oxygens (including phenoxy) is 1. The molecule has 0 aromatic carbocycles. The van der Waals surface area contributed by atoms with Gasteiger partial charge in [0.15, 0.2) is 5.11 Å². The largest absolute Gasteiger partial charge is 0.379 e. The van der Waals surface area contributed by atoms with Gasteiger partial charge < -0.3 is 10.1 Å². The Morgan fingerprint density at radius 3 is 2.86 bits per heavy atom. The molecule has 1 fully saturated rings. The van der Waals surface area contributed by atoms with Crippen molar-refractivity contribution >= 4 is 23.2 Å². The summed E-state index contributed by atoms with van der Waals surface area (Å²) >= 11 is 5.10. The van der Waals surface area contributed by atoms with E-state index in [9.17, 15) is 4.79 Å². The molecule has 8 heteroatoms. The highest BCUT2D eigenvalue weighted by atomic mass is 32.1. The van der Waals surface area contributed by atoms with Gasteiger partial charge in [-0.2, -0.15) is 0 Å². The van der Waals surface area contributed by atoms with Crippen LogP contribution in [0.15, 0.2) is 24.4 Å². The lowest BCUT2D eigenvalue weighted by molar-refractivity contribution is 0.0376. The molecule has 1 aliphatic rings. The molecule has 1 amide bonds. The quantitative estimate of drug-likeness (QED) is 0.397. The number of amides is 1. The molecule has 120 valence electrons. The second-order valence-corrected chi connectivity index (χ2v) is 5.27. The molecule has 22 heavy (non-hydrogen) atoms. The van der Waals surface area contributed by atoms with Gasteiger partial charge in [-0.15, -0.1) is 0 Å². The van der Waals surface area contributed by atoms with E-state index in [-0.39, 0.29) is 5.91 Å². The van der Waals surface area contributed by atoms with Crippen molar-refractivity contribution in [2.45, 2.75) is 6.42 Å². The number of nitrogens with zero attached hydrogens (tertiary/aromatic N) is 2. The van der Waals surface area contributed by atoms with Crippen LogP contribution < -0.4 is 16.2 Å². The third-order valence-corrected chi connectivity index (χ3v) is 3.47. The van der Waals surface area contributed by atoms with Crippen LogP contribution in [0, 0.1) is 0 Å². The monoisotopic (exact) mass is 323 g/mol. The molecule has 1 aromatic heterocycles. The van der Waals surface area contributed by atoms with E-state index in [0.29, 0.717) is 10.8 Å². The van der Waals surface area contributed by atoms with Crippen molar-refractivity contribution in [2.75, 3.05) is 39.4 Å². The van der Waals surface area contributed by atoms with Gasteiger partial charge in [0, 0.05) is 25.8 Å². The van der Waals surface area contributed by atoms with E-state index in [1.54, 1.807) is 24.4 Å². The molecule has 1 aromatic rings. The maximum atomic E-state index is 11.7. The van der Waals surface area contributed by atoms with Crippen molar-refractivity contribution in [3.63, 3.8) is 0 Å². The molecule has 0 saturated carbocycles. The molecule has 2 heterocycles. The summed E-state index contributed by atoms with van der Waals surface area (Å²) in [7, 11) is 0. The van der Waals surface area contributed by atoms with Gasteiger partial charge in [0.1, 0.15) is 5.69 Å². The Labute approximate surface area is 135 Å². The maximum absolute atomic E-state index is 11.7. The fraction of sp³-hybridized carbons (Fsp3) is 0.500. The van der Waals surface area contributed by atoms with E-state index in [1.807, 2.05) is 0 Å². The van der Waals surface area contributed by atoms with Gasteiger partial charge in [-0.25, -0.2) is 0 Å². The summed E-state index contributed by atoms with van der Waals surface area (Å²) in [5.41, 5.74) is 5.51. The molecule has 1 aliphatic heterocycles. The molecular weight excluding hydrogens is 302 g/mol. The van der Waals surface area contributed by atoms with Crippen LogP contribution in [0.2, 0.25) is 0 Å². The highest BCUT2D eigenvalue weighted by molar-refractivity contribution is 7.80. The Balaban J connectivity index is 1.55. The van der Waals surface area contributed by atoms with Gasteiger partial charge in [0.2, 0.25) is 0 Å². The van der Waals surface area contributed by atoms with Crippen LogP contribution in [-0.4, -0.2) is 60.3 Å². The van der Waals surface area contributed by atoms with Crippen LogP contribution in [0.25, 0.3) is 0 Å². The third kappa shape index (κ3) is 5.92. The van der Waals surface area contributed by atoms with E-state index in [0.717, 1.165) is 45.8 Å². The SMILES string of the molecule is O=C(NNC(=S)NCCCN1CCOCC1)c1ccccn1. The van der Waals surface area contributed by atoms with Crippen molar-refractivity contribution in [2.24, 2.45) is 0 Å². The van der Waals surface area contributed by atoms with Gasteiger partial charge >= 0.3 is 0 Å². The third-order valence-electron chi connectivity index (χ3n) is 3.23. The number of hydrazine groups is 1. The summed E-state index contributed by atoms with van der Waals surface area (Å²) < 4.78 is 5.30. The van der Waals surface area contributed by atoms with Crippen LogP contribution in [0.4, 0.5) is 0 Å². The van der Waals surface area contributed by atoms with Crippen molar-refractivity contribution in [3.8, 4) is 0 Å². The van der Waals surface area contributed by atoms with E-state index in [4.69, 9.17) is 17.0 Å². The number of carbonyl (C=O) groups excluding carboxylic acids is 1. The average Bonchev–Trinajstić information content (AvgIpc) is 2.58. The van der Waals surface area contributed by atoms with E-state index < -0.39 is 0 Å². The molecule has 0 aliphatic carbocycles. The minimum absolute atomic E-state index is 0.321. The predicted octanol–water partition coefficient (Wildman–Crippen LogP) is -0.0872. The molecule has 7 nitrogen and oxygen atoms in total. The Morgan fingerprint density at radius 1 is 1.32 bits per heavy atom. The number of aromatic nitrogens is 1. The Hall–Kier alpha value is -1.77. The molecule has 2 rings (SSSR count). The molecule has 0 bridgehead atoms. The molecule has 0 radical (unpaired) electrons. The second-order valence-electron chi connectivity index (χ2n) is 4.86. The van der Waals surface area contributed by atoms with E-state index >= 15 is 0 Å². The highest BCUT2D eigenvalue weighted by Crippen LogP contribution is 1.97. The zero-order chi connectivity index (χ0) is 15.6. The summed E-state index contributed by atoms with van der Waals surface area (Å²) in [6, 6.07) is 5.14. The molecule has 3 N–H and O–H groups in total. The first-order valence-electron chi connectivity index (χ1n) is 7.31. The van der Waals surface area contributed by atoms with Gasteiger partial charge in [-0.1, -0.05) is 6.07 Å². The minimum atomic E-state index is -0.321. The number of carbonyl (C=O) groups is 1. The molecule has 1 saturated heterocycles. The maximum Gasteiger partial charge on any atom is 0.288 e. The summed E-state index contributed by atoms with van der Waals surface area (Å²) in [4.78, 5) is 18.1. The number of hydrogen-bond acceptors (Lipinski definition) is 5. The van der Waals surface area contributed by atoms with Gasteiger partial charge in [0.05, 0.1) is 13.2 Å². The lowest BCUT2D eigenvalue weighted by atomic mass is 10.3. The number of pyridine rings is 1. The van der Waals surface area contributed by atoms with Crippen LogP contribution in [0.5, 0.6) is 0 Å². The Morgan fingerprint density at radius 2 is 2.14 bits per heavy atom. The van der Waals surface area contributed by atoms with Gasteiger partial charge in [0.25, 0.3) is 5.91 Å². The lowest BCUT2D eigenvalue weighted by Gasteiger charge is -2.26. The second kappa shape index (κ2) is 9.29. The zero-order valence-corrected chi connectivity index (χ0v) is 13.2. The highest BCUT2D eigenvalue weighted by Gasteiger charge is 2.09. The van der Waals surface area contributed by atoms with E-state index in [2.05, 4.69) is 26.1 Å². The Bertz CT molecular complexity index is 479. The summed E-state index contributed by atoms with van der Waals surface area (Å²) in [5.74, 6) is -0.321. The molecule has 0 atom stereocenters. The first-order chi connectivity index (χ1) is 10.8. The van der Waals surface area contributed by atoms with E-state index in [1.165, 1.54) is 0 Å². The van der Waals surface area contributed by atoms with Gasteiger partial charge in [-0.05, 0) is 37.3 Å². The smallest absolute Gasteiger partial charge is 0.288 e. The van der Waals surface area contributed by atoms with Crippen LogP contribution in [-0.2, 0) is 4.74 Å². The van der Waals surface area contributed by atoms with Crippen LogP contribution in [0.3, 0.4) is 0 Å². The topological polar surface area (TPSA) is 78.5 Å². The number of thiocarbonyl (C=S) groups is 1. The first kappa shape index (κ1) is 16.6. The fourth-order valence-corrected chi connectivity index (χ4v) is 2.20. The average molecular weight is 323 g/mol. The number of hydrogen-bond donors (Lipinski definition) is 3. The van der Waals surface area contributed by atoms with Crippen LogP contribution in [0.1, 0.15) is 16.9 Å². The number of rotatable bonds is 5. The normalized spacial score (nSPS) is 15.1. The lowest BCUT2D eigenvalue weighted by Crippen LogP contribution is -2.47. The Kier molecular flexibility index (Phi) is 7.01. The van der Waals surface area contributed by atoms with Crippen molar-refractivity contribution in [1.82, 2.24) is 26.1 Å². The predicted molar refractivity (Wildman–Crippen MR) is 87.3 cm³/mol. The molecule has 0 spiro atoms. The molecular formula is C14H21N5O2S. The number of morpholine rings is 1. The number of nitrogens with one attached hydrogen (secondary N) is 3. The van der Waals surface area contributed by atoms with Gasteiger partial charge in [-0.3, -0.25) is 25.5 Å². The van der Waals surface area contributed by atoms with Crippen molar-refractivity contribution < 1.29 is 9.53 Å². The van der Waals surface area contributed by atoms with Crippen molar-refractivity contribution in [1.29, 1.82) is 0 Å². The van der Waals surface area contributed by atoms with Crippen LogP contribution >= 0.6 is 12.2 Å². The summed E-state index contributed by atoms with van der Waals surface area (Å²) in [5, 5.41) is 3.45. The van der Waals surface area contributed by atoms with Crippen molar-refractivity contribution in [3.05, 3.63) is 30.1 Å². The zero-order valence-electron chi connectivity index (χ0n) is 12.4. The summed E-state index contributed by atoms with van der Waals surface area (Å²) in [6.45, 7) is 5.37. The fourth-order valence-electron chi connectivity index (χ4n) is 2.05. The minimum Gasteiger partial charge on any atom is -0.379 e. The standard InChI is InChI=1S/C14H21N5O2S/c20-13(12-4-1-2-5-15-12)17-18-14(22)16-6-3-7-19-8-10-21-11-9-19/h1-2,4-5H,3,6-11H2,(H,17,20)(H2,16,18,22). The molecule has 0 unspecified atom stereocenters. The first-order valence-corrected chi connectivity index (χ1v) is 7.72. The summed E-state index contributed by atoms with van der Waals surface area (Å²) in [6.07, 6.45) is 2.55.